The summed E-state index contributed by atoms with van der Waals surface area (Å²) in [5, 5.41) is 3.16. The maximum Gasteiger partial charge on any atom is 0.154 e. The molecule has 0 fully saturated rings. The van der Waals surface area contributed by atoms with E-state index in [0.29, 0.717) is 0 Å². The van der Waals surface area contributed by atoms with E-state index in [1.807, 2.05) is 13.0 Å². The first-order valence-corrected chi connectivity index (χ1v) is 4.51. The third-order valence-electron chi connectivity index (χ3n) is 1.76. The van der Waals surface area contributed by atoms with Crippen molar-refractivity contribution in [2.45, 2.75) is 26.7 Å². The standard InChI is InChI=1S/C11H15NO/c1-9(8-10(2)13)12-11-6-4-3-5-7-11/h4,6-8,12H,3,5H2,1-2H3/b9-8-. The summed E-state index contributed by atoms with van der Waals surface area (Å²) in [6.45, 7) is 3.45. The molecule has 0 aliphatic heterocycles. The first-order chi connectivity index (χ1) is 6.18. The Kier molecular flexibility index (Phi) is 3.50. The van der Waals surface area contributed by atoms with Crippen LogP contribution in [0.3, 0.4) is 0 Å². The van der Waals surface area contributed by atoms with Gasteiger partial charge in [0.25, 0.3) is 0 Å². The van der Waals surface area contributed by atoms with Crippen LogP contribution in [0.25, 0.3) is 0 Å². The van der Waals surface area contributed by atoms with Crippen molar-refractivity contribution < 1.29 is 4.79 Å². The van der Waals surface area contributed by atoms with Crippen LogP contribution in [0.2, 0.25) is 0 Å². The largest absolute Gasteiger partial charge is 0.359 e. The molecule has 1 N–H and O–H groups in total. The normalized spacial score (nSPS) is 16.8. The van der Waals surface area contributed by atoms with E-state index in [1.165, 1.54) is 0 Å². The molecule has 0 saturated carbocycles. The Morgan fingerprint density at radius 1 is 1.46 bits per heavy atom. The first kappa shape index (κ1) is 9.78. The molecular formula is C11H15NO. The zero-order chi connectivity index (χ0) is 9.68. The minimum Gasteiger partial charge on any atom is -0.359 e. The lowest BCUT2D eigenvalue weighted by atomic mass is 10.1. The summed E-state index contributed by atoms with van der Waals surface area (Å²) in [7, 11) is 0. The second kappa shape index (κ2) is 4.65. The van der Waals surface area contributed by atoms with Crippen molar-refractivity contribution in [1.82, 2.24) is 5.32 Å². The molecule has 0 radical (unpaired) electrons. The monoisotopic (exact) mass is 177 g/mol. The Labute approximate surface area is 79.0 Å². The number of ketones is 1. The zero-order valence-electron chi connectivity index (χ0n) is 8.13. The van der Waals surface area contributed by atoms with E-state index < -0.39 is 0 Å². The highest BCUT2D eigenvalue weighted by Crippen LogP contribution is 2.08. The molecule has 13 heavy (non-hydrogen) atoms. The summed E-state index contributed by atoms with van der Waals surface area (Å²) in [5.41, 5.74) is 1.98. The van der Waals surface area contributed by atoms with E-state index in [4.69, 9.17) is 0 Å². The van der Waals surface area contributed by atoms with Crippen LogP contribution in [-0.2, 0) is 4.79 Å². The maximum absolute atomic E-state index is 10.7. The lowest BCUT2D eigenvalue weighted by Gasteiger charge is -2.09. The summed E-state index contributed by atoms with van der Waals surface area (Å²) >= 11 is 0. The molecule has 0 aromatic rings. The molecule has 1 aliphatic rings. The van der Waals surface area contributed by atoms with Crippen LogP contribution in [0.1, 0.15) is 26.7 Å². The summed E-state index contributed by atoms with van der Waals surface area (Å²) in [6, 6.07) is 0. The van der Waals surface area contributed by atoms with Crippen molar-refractivity contribution in [2.75, 3.05) is 0 Å². The van der Waals surface area contributed by atoms with Gasteiger partial charge in [-0.1, -0.05) is 12.2 Å². The van der Waals surface area contributed by atoms with E-state index in [9.17, 15) is 4.79 Å². The van der Waals surface area contributed by atoms with Gasteiger partial charge in [-0.3, -0.25) is 4.79 Å². The number of allylic oxidation sites excluding steroid dienone is 5. The van der Waals surface area contributed by atoms with E-state index in [1.54, 1.807) is 13.0 Å². The van der Waals surface area contributed by atoms with E-state index >= 15 is 0 Å². The molecule has 0 saturated heterocycles. The van der Waals surface area contributed by atoms with Gasteiger partial charge in [-0.05, 0) is 38.8 Å². The van der Waals surface area contributed by atoms with Gasteiger partial charge < -0.3 is 5.32 Å². The molecule has 0 aromatic carbocycles. The molecular weight excluding hydrogens is 162 g/mol. The van der Waals surface area contributed by atoms with Gasteiger partial charge in [0.1, 0.15) is 0 Å². The predicted molar refractivity (Wildman–Crippen MR) is 54.0 cm³/mol. The van der Waals surface area contributed by atoms with Gasteiger partial charge in [-0.15, -0.1) is 0 Å². The fourth-order valence-corrected chi connectivity index (χ4v) is 1.27. The maximum atomic E-state index is 10.7. The zero-order valence-corrected chi connectivity index (χ0v) is 8.13. The van der Waals surface area contributed by atoms with Gasteiger partial charge in [-0.2, -0.15) is 0 Å². The molecule has 0 amide bonds. The van der Waals surface area contributed by atoms with Gasteiger partial charge in [-0.25, -0.2) is 0 Å². The Bertz CT molecular complexity index is 284. The molecule has 2 heteroatoms. The molecule has 70 valence electrons. The van der Waals surface area contributed by atoms with Gasteiger partial charge in [0.2, 0.25) is 0 Å². The number of hydrogen-bond donors (Lipinski definition) is 1. The summed E-state index contributed by atoms with van der Waals surface area (Å²) in [6.07, 6.45) is 10.1. The van der Waals surface area contributed by atoms with Gasteiger partial charge in [0.15, 0.2) is 5.78 Å². The quantitative estimate of drug-likeness (QED) is 0.670. The van der Waals surface area contributed by atoms with Crippen molar-refractivity contribution in [3.05, 3.63) is 35.7 Å². The summed E-state index contributed by atoms with van der Waals surface area (Å²) in [5.74, 6) is 0.0744. The van der Waals surface area contributed by atoms with Gasteiger partial charge in [0, 0.05) is 11.4 Å². The number of rotatable bonds is 3. The van der Waals surface area contributed by atoms with Crippen LogP contribution in [-0.4, -0.2) is 5.78 Å². The third kappa shape index (κ3) is 3.74. The molecule has 2 nitrogen and oxygen atoms in total. The van der Waals surface area contributed by atoms with Crippen molar-refractivity contribution in [2.24, 2.45) is 0 Å². The minimum absolute atomic E-state index is 0.0744. The van der Waals surface area contributed by atoms with Crippen LogP contribution in [0, 0.1) is 0 Å². The average molecular weight is 177 g/mol. The molecule has 1 rings (SSSR count). The summed E-state index contributed by atoms with van der Waals surface area (Å²) < 4.78 is 0. The Balaban J connectivity index is 2.53. The Morgan fingerprint density at radius 2 is 2.23 bits per heavy atom. The molecule has 0 spiro atoms. The number of hydrogen-bond acceptors (Lipinski definition) is 2. The van der Waals surface area contributed by atoms with Crippen LogP contribution in [0.4, 0.5) is 0 Å². The molecule has 0 aromatic heterocycles. The molecule has 1 aliphatic carbocycles. The molecule has 0 bridgehead atoms. The second-order valence-electron chi connectivity index (χ2n) is 3.20. The van der Waals surface area contributed by atoms with Gasteiger partial charge in [0.05, 0.1) is 0 Å². The van der Waals surface area contributed by atoms with Crippen molar-refractivity contribution >= 4 is 5.78 Å². The highest BCUT2D eigenvalue weighted by Gasteiger charge is 1.97. The summed E-state index contributed by atoms with van der Waals surface area (Å²) in [4.78, 5) is 10.7. The molecule has 0 unspecified atom stereocenters. The highest BCUT2D eigenvalue weighted by molar-refractivity contribution is 5.87. The SMILES string of the molecule is CC(=O)/C=C(/C)NC1=CCCC=C1. The fourth-order valence-electron chi connectivity index (χ4n) is 1.27. The van der Waals surface area contributed by atoms with E-state index in [-0.39, 0.29) is 5.78 Å². The van der Waals surface area contributed by atoms with Crippen molar-refractivity contribution in [3.8, 4) is 0 Å². The molecule has 0 heterocycles. The van der Waals surface area contributed by atoms with Crippen molar-refractivity contribution in [1.29, 1.82) is 0 Å². The number of carbonyl (C=O) groups is 1. The third-order valence-corrected chi connectivity index (χ3v) is 1.76. The van der Waals surface area contributed by atoms with Crippen LogP contribution in [0.15, 0.2) is 35.7 Å². The number of nitrogens with one attached hydrogen (secondary N) is 1. The lowest BCUT2D eigenvalue weighted by Crippen LogP contribution is -2.11. The average Bonchev–Trinajstić information content (AvgIpc) is 2.04. The fraction of sp³-hybridized carbons (Fsp3) is 0.364. The topological polar surface area (TPSA) is 29.1 Å². The lowest BCUT2D eigenvalue weighted by molar-refractivity contribution is -0.112. The van der Waals surface area contributed by atoms with Crippen LogP contribution in [0.5, 0.6) is 0 Å². The Morgan fingerprint density at radius 3 is 2.77 bits per heavy atom. The minimum atomic E-state index is 0.0744. The van der Waals surface area contributed by atoms with E-state index in [0.717, 1.165) is 24.2 Å². The van der Waals surface area contributed by atoms with Crippen molar-refractivity contribution in [3.63, 3.8) is 0 Å². The van der Waals surface area contributed by atoms with Crippen LogP contribution >= 0.6 is 0 Å². The number of carbonyl (C=O) groups excluding carboxylic acids is 1. The van der Waals surface area contributed by atoms with Gasteiger partial charge >= 0.3 is 0 Å². The highest BCUT2D eigenvalue weighted by atomic mass is 16.1. The van der Waals surface area contributed by atoms with Crippen LogP contribution < -0.4 is 5.32 Å². The van der Waals surface area contributed by atoms with E-state index in [2.05, 4.69) is 17.5 Å². The Hall–Kier alpha value is -1.31. The smallest absolute Gasteiger partial charge is 0.154 e. The first-order valence-electron chi connectivity index (χ1n) is 4.51. The second-order valence-corrected chi connectivity index (χ2v) is 3.20. The predicted octanol–water partition coefficient (Wildman–Crippen LogP) is 2.30. The molecule has 0 atom stereocenters.